The molecule has 0 saturated carbocycles. The van der Waals surface area contributed by atoms with Crippen molar-refractivity contribution in [2.75, 3.05) is 60.9 Å². The second kappa shape index (κ2) is 22.2. The second-order valence-electron chi connectivity index (χ2n) is 20.5. The van der Waals surface area contributed by atoms with E-state index in [0.29, 0.717) is 74.8 Å². The lowest BCUT2D eigenvalue weighted by Crippen LogP contribution is -2.44. The Hall–Kier alpha value is -9.44. The van der Waals surface area contributed by atoms with Gasteiger partial charge in [0.25, 0.3) is 11.5 Å². The summed E-state index contributed by atoms with van der Waals surface area (Å²) < 4.78 is 34.5. The van der Waals surface area contributed by atoms with Crippen molar-refractivity contribution in [1.29, 1.82) is 0 Å². The molecule has 0 bridgehead atoms. The molecular weight excluding hydrogens is 1050 g/mol. The first-order valence-electron chi connectivity index (χ1n) is 26.5. The number of fused-ring (bicyclic) bond motifs is 7. The van der Waals surface area contributed by atoms with Crippen LogP contribution in [0.15, 0.2) is 117 Å². The van der Waals surface area contributed by atoms with Crippen molar-refractivity contribution in [3.8, 4) is 57.2 Å². The summed E-state index contributed by atoms with van der Waals surface area (Å²) in [6.45, 7) is 5.15. The molecule has 7 heterocycles. The Balaban J connectivity index is 0.000000194. The molecule has 0 fully saturated rings. The molecule has 21 heteroatoms. The number of carbonyl (C=O) groups is 2. The highest BCUT2D eigenvalue weighted by Gasteiger charge is 2.45. The number of aromatic hydroxyl groups is 1. The van der Waals surface area contributed by atoms with Gasteiger partial charge in [-0.15, -0.1) is 15.0 Å². The zero-order chi connectivity index (χ0) is 57.6. The number of benzene rings is 5. The van der Waals surface area contributed by atoms with Crippen molar-refractivity contribution >= 4 is 39.4 Å². The van der Waals surface area contributed by atoms with Crippen LogP contribution in [0.1, 0.15) is 62.8 Å². The van der Waals surface area contributed by atoms with Gasteiger partial charge >= 0.3 is 5.97 Å². The van der Waals surface area contributed by atoms with E-state index < -0.39 is 17.5 Å². The van der Waals surface area contributed by atoms with Gasteiger partial charge in [0.15, 0.2) is 39.8 Å². The quantitative estimate of drug-likeness (QED) is 0.0913. The van der Waals surface area contributed by atoms with Gasteiger partial charge in [-0.2, -0.15) is 0 Å². The van der Waals surface area contributed by atoms with Gasteiger partial charge in [0.05, 0.1) is 79.8 Å². The Morgan fingerprint density at radius 2 is 1.54 bits per heavy atom. The molecule has 4 aromatic heterocycles. The molecule has 0 spiro atoms. The Labute approximate surface area is 469 Å². The Kier molecular flexibility index (Phi) is 14.8. The van der Waals surface area contributed by atoms with Crippen LogP contribution in [0.2, 0.25) is 0 Å². The standard InChI is InChI=1S/C38H36N6O7.C23H23N3O5/c1-47-32-17-24-14-16-43(22-25(24)18-33(32)48-2)15-13-23-9-11-26(12-10-23)44-41-37(40-42-44)28-19-34(49-3)35(50-4)20-29(28)39-38(46)36-21-30(45)27-7-5-6-8-31(27)51-36;1-4-23(30)16-8-18-20-12(9-26(18)21(28)15(16)11-31-22(23)29)7-13-14(10-25(2)3)19(27)6-5-17(13)24-20/h5-12,17-21H,13-16,22H2,1-4H3,(H,39,46);5-8,27,30H,4,9-11H2,1-3H3/t;23-/m.0/s1. The molecule has 21 nitrogen and oxygen atoms in total. The fourth-order valence-electron chi connectivity index (χ4n) is 10.8. The average molecular weight is 1110 g/mol. The number of nitrogens with zero attached hydrogens (tertiary/aromatic N) is 8. The van der Waals surface area contributed by atoms with Gasteiger partial charge in [0, 0.05) is 60.4 Å². The molecule has 3 aliphatic rings. The SMILES string of the molecule is CC[C@@]1(O)C(=O)OCc2c1cc1n(c2=O)Cc2cc3c(CN(C)C)c(O)ccc3nc2-1.COc1cc2c(cc1OC)CN(CCc1ccc(-n3nnc(-c4cc(OC)c(OC)cc4NC(=O)c4cc(=O)c5ccccc5o4)n3)cc1)CC2. The number of aromatic nitrogens is 6. The number of methoxy groups -OCH3 is 4. The van der Waals surface area contributed by atoms with Gasteiger partial charge in [0.2, 0.25) is 5.82 Å². The molecule has 0 aliphatic carbocycles. The molecule has 0 radical (unpaired) electrons. The smallest absolute Gasteiger partial charge is 0.343 e. The number of phenolic OH excluding ortho intramolecular Hbond substituents is 1. The number of hydrogen-bond donors (Lipinski definition) is 3. The lowest BCUT2D eigenvalue weighted by Gasteiger charge is -2.31. The number of pyridine rings is 2. The van der Waals surface area contributed by atoms with E-state index in [1.165, 1.54) is 35.7 Å². The number of amides is 1. The number of cyclic esters (lactones) is 1. The lowest BCUT2D eigenvalue weighted by atomic mass is 9.86. The first-order chi connectivity index (χ1) is 39.6. The Bertz CT molecular complexity index is 4120. The van der Waals surface area contributed by atoms with E-state index in [1.807, 2.05) is 37.2 Å². The van der Waals surface area contributed by atoms with Gasteiger partial charge in [0.1, 0.15) is 17.9 Å². The third kappa shape index (κ3) is 10.1. The predicted octanol–water partition coefficient (Wildman–Crippen LogP) is 7.17. The molecule has 3 aliphatic heterocycles. The summed E-state index contributed by atoms with van der Waals surface area (Å²) in [4.78, 5) is 62.2. The van der Waals surface area contributed by atoms with E-state index in [0.717, 1.165) is 72.2 Å². The van der Waals surface area contributed by atoms with Crippen molar-refractivity contribution in [3.05, 3.63) is 168 Å². The summed E-state index contributed by atoms with van der Waals surface area (Å²) >= 11 is 0. The van der Waals surface area contributed by atoms with Crippen LogP contribution < -0.4 is 35.3 Å². The number of para-hydroxylation sites is 1. The second-order valence-corrected chi connectivity index (χ2v) is 20.5. The van der Waals surface area contributed by atoms with E-state index in [9.17, 15) is 29.4 Å². The first-order valence-corrected chi connectivity index (χ1v) is 26.5. The number of hydrogen-bond acceptors (Lipinski definition) is 18. The topological polar surface area (TPSA) is 248 Å². The number of aliphatic hydroxyl groups is 1. The number of phenols is 1. The number of carbonyl (C=O) groups excluding carboxylic acids is 2. The largest absolute Gasteiger partial charge is 0.508 e. The number of rotatable bonds is 14. The number of tetrazole rings is 1. The minimum Gasteiger partial charge on any atom is -0.508 e. The number of ether oxygens (including phenoxy) is 5. The molecule has 82 heavy (non-hydrogen) atoms. The Morgan fingerprint density at radius 3 is 2.27 bits per heavy atom. The summed E-state index contributed by atoms with van der Waals surface area (Å²) in [6, 6.07) is 30.4. The van der Waals surface area contributed by atoms with Crippen molar-refractivity contribution in [1.82, 2.24) is 39.6 Å². The van der Waals surface area contributed by atoms with Crippen LogP contribution >= 0.6 is 0 Å². The summed E-state index contributed by atoms with van der Waals surface area (Å²) in [7, 11) is 10.2. The number of anilines is 1. The van der Waals surface area contributed by atoms with E-state index in [4.69, 9.17) is 33.1 Å². The van der Waals surface area contributed by atoms with Crippen molar-refractivity contribution in [3.63, 3.8) is 0 Å². The highest BCUT2D eigenvalue weighted by atomic mass is 16.6. The summed E-state index contributed by atoms with van der Waals surface area (Å²) in [5, 5.41) is 38.6. The van der Waals surface area contributed by atoms with Crippen LogP contribution in [-0.2, 0) is 54.2 Å². The highest BCUT2D eigenvalue weighted by molar-refractivity contribution is 6.05. The number of nitrogens with one attached hydrogen (secondary N) is 1. The third-order valence-electron chi connectivity index (χ3n) is 15.2. The summed E-state index contributed by atoms with van der Waals surface area (Å²) in [6.07, 6.45) is 1.94. The Morgan fingerprint density at radius 1 is 0.817 bits per heavy atom. The van der Waals surface area contributed by atoms with Gasteiger partial charge in [-0.3, -0.25) is 19.3 Å². The fraction of sp³-hybridized carbons (Fsp3) is 0.279. The van der Waals surface area contributed by atoms with E-state index in [1.54, 1.807) is 80.3 Å². The monoisotopic (exact) mass is 1110 g/mol. The van der Waals surface area contributed by atoms with E-state index in [2.05, 4.69) is 49.9 Å². The van der Waals surface area contributed by atoms with Crippen molar-refractivity contribution in [2.24, 2.45) is 0 Å². The average Bonchev–Trinajstić information content (AvgIpc) is 4.31. The van der Waals surface area contributed by atoms with Crippen LogP contribution in [0.25, 0.3) is 50.3 Å². The molecule has 3 N–H and O–H groups in total. The van der Waals surface area contributed by atoms with Crippen molar-refractivity contribution in [2.45, 2.75) is 58.0 Å². The van der Waals surface area contributed by atoms with Gasteiger partial charge in [-0.25, -0.2) is 9.78 Å². The van der Waals surface area contributed by atoms with E-state index in [-0.39, 0.29) is 41.3 Å². The van der Waals surface area contributed by atoms with Gasteiger partial charge in [-0.05, 0) is 122 Å². The van der Waals surface area contributed by atoms with Crippen LogP contribution in [0, 0.1) is 0 Å². The zero-order valence-corrected chi connectivity index (χ0v) is 46.2. The zero-order valence-electron chi connectivity index (χ0n) is 46.2. The molecule has 1 amide bonds. The molecular formula is C61H59N9O12. The number of esters is 1. The summed E-state index contributed by atoms with van der Waals surface area (Å²) in [5.41, 5.74) is 7.20. The van der Waals surface area contributed by atoms with Crippen LogP contribution in [0.3, 0.4) is 0 Å². The maximum atomic E-state index is 13.4. The van der Waals surface area contributed by atoms with Gasteiger partial charge < -0.3 is 53.1 Å². The van der Waals surface area contributed by atoms with Crippen LogP contribution in [0.4, 0.5) is 5.69 Å². The van der Waals surface area contributed by atoms with Crippen LogP contribution in [-0.4, -0.2) is 117 Å². The summed E-state index contributed by atoms with van der Waals surface area (Å²) in [5.74, 6) is 1.20. The fourth-order valence-corrected chi connectivity index (χ4v) is 10.8. The molecule has 420 valence electrons. The van der Waals surface area contributed by atoms with E-state index >= 15 is 0 Å². The normalized spacial score (nSPS) is 15.2. The maximum Gasteiger partial charge on any atom is 0.343 e. The van der Waals surface area contributed by atoms with Crippen molar-refractivity contribution < 1.29 is 47.9 Å². The molecule has 1 atom stereocenters. The predicted molar refractivity (Wildman–Crippen MR) is 304 cm³/mol. The lowest BCUT2D eigenvalue weighted by molar-refractivity contribution is -0.172. The minimum atomic E-state index is -1.84. The molecule has 12 rings (SSSR count). The van der Waals surface area contributed by atoms with Gasteiger partial charge in [-0.1, -0.05) is 31.2 Å². The first kappa shape index (κ1) is 54.5. The highest BCUT2D eigenvalue weighted by Crippen LogP contribution is 2.41. The molecule has 5 aromatic carbocycles. The maximum absolute atomic E-state index is 13.4. The molecule has 0 unspecified atom stereocenters. The minimum absolute atomic E-state index is 0.104. The molecule has 0 saturated heterocycles. The van der Waals surface area contributed by atoms with Crippen LogP contribution in [0.5, 0.6) is 28.7 Å². The molecule has 9 aromatic rings. The third-order valence-corrected chi connectivity index (χ3v) is 15.2.